The van der Waals surface area contributed by atoms with Crippen molar-refractivity contribution in [2.45, 2.75) is 30.3 Å². The molecule has 1 amide bonds. The summed E-state index contributed by atoms with van der Waals surface area (Å²) in [4.78, 5) is 11.5. The van der Waals surface area contributed by atoms with Crippen LogP contribution in [0.4, 0.5) is 5.69 Å². The van der Waals surface area contributed by atoms with E-state index in [1.165, 1.54) is 10.4 Å². The minimum atomic E-state index is -3.67. The lowest BCUT2D eigenvalue weighted by molar-refractivity contribution is -0.115. The lowest BCUT2D eigenvalue weighted by Crippen LogP contribution is -2.62. The number of benzene rings is 1. The van der Waals surface area contributed by atoms with Gasteiger partial charge in [-0.1, -0.05) is 6.92 Å². The SMILES string of the molecule is CCC1(O)CN(S(=O)(=O)c2cc3c(cc2Br)NC(=O)C3)C1. The van der Waals surface area contributed by atoms with Crippen molar-refractivity contribution in [1.82, 2.24) is 4.31 Å². The molecule has 2 aliphatic rings. The number of rotatable bonds is 3. The number of halogens is 1. The van der Waals surface area contributed by atoms with Crippen LogP contribution in [0.1, 0.15) is 18.9 Å². The molecular formula is C13H15BrN2O4S. The van der Waals surface area contributed by atoms with Crippen LogP contribution in [0.2, 0.25) is 0 Å². The molecule has 0 radical (unpaired) electrons. The maximum Gasteiger partial charge on any atom is 0.244 e. The molecule has 8 heteroatoms. The molecule has 2 N–H and O–H groups in total. The molecule has 0 aliphatic carbocycles. The highest BCUT2D eigenvalue weighted by Crippen LogP contribution is 2.37. The van der Waals surface area contributed by atoms with E-state index in [4.69, 9.17) is 0 Å². The summed E-state index contributed by atoms with van der Waals surface area (Å²) in [6.07, 6.45) is 0.701. The maximum atomic E-state index is 12.6. The molecule has 1 saturated heterocycles. The first kappa shape index (κ1) is 15.0. The zero-order valence-electron chi connectivity index (χ0n) is 11.4. The average Bonchev–Trinajstić information content (AvgIpc) is 2.72. The Bertz CT molecular complexity index is 726. The monoisotopic (exact) mass is 374 g/mol. The van der Waals surface area contributed by atoms with Crippen LogP contribution in [0, 0.1) is 0 Å². The number of hydrogen-bond donors (Lipinski definition) is 2. The third-order valence-corrected chi connectivity index (χ3v) is 6.75. The zero-order valence-corrected chi connectivity index (χ0v) is 13.8. The Kier molecular flexibility index (Phi) is 3.40. The van der Waals surface area contributed by atoms with Crippen molar-refractivity contribution >= 4 is 37.5 Å². The Hall–Kier alpha value is -0.960. The van der Waals surface area contributed by atoms with Gasteiger partial charge in [-0.15, -0.1) is 0 Å². The Morgan fingerprint density at radius 3 is 2.71 bits per heavy atom. The van der Waals surface area contributed by atoms with Crippen LogP contribution in [0.5, 0.6) is 0 Å². The number of nitrogens with one attached hydrogen (secondary N) is 1. The van der Waals surface area contributed by atoms with Crippen LogP contribution in [-0.4, -0.2) is 42.4 Å². The maximum absolute atomic E-state index is 12.6. The third-order valence-electron chi connectivity index (χ3n) is 4.00. The molecule has 0 spiro atoms. The molecule has 0 unspecified atom stereocenters. The van der Waals surface area contributed by atoms with Crippen molar-refractivity contribution in [3.8, 4) is 0 Å². The van der Waals surface area contributed by atoms with E-state index >= 15 is 0 Å². The summed E-state index contributed by atoms with van der Waals surface area (Å²) in [6, 6.07) is 3.13. The second kappa shape index (κ2) is 4.77. The summed E-state index contributed by atoms with van der Waals surface area (Å²) in [7, 11) is -3.67. The number of aliphatic hydroxyl groups is 1. The molecule has 0 aromatic heterocycles. The van der Waals surface area contributed by atoms with Crippen LogP contribution in [0.25, 0.3) is 0 Å². The number of amides is 1. The van der Waals surface area contributed by atoms with E-state index in [1.807, 2.05) is 6.92 Å². The normalized spacial score (nSPS) is 20.8. The molecule has 3 rings (SSSR count). The first-order valence-corrected chi connectivity index (χ1v) is 8.83. The predicted octanol–water partition coefficient (Wildman–Crippen LogP) is 1.09. The molecule has 2 heterocycles. The number of carbonyl (C=O) groups is 1. The fourth-order valence-electron chi connectivity index (χ4n) is 2.57. The number of fused-ring (bicyclic) bond motifs is 1. The minimum Gasteiger partial charge on any atom is -0.387 e. The first-order chi connectivity index (χ1) is 9.75. The molecule has 114 valence electrons. The zero-order chi connectivity index (χ0) is 15.4. The van der Waals surface area contributed by atoms with Crippen LogP contribution in [0.3, 0.4) is 0 Å². The summed E-state index contributed by atoms with van der Waals surface area (Å²) in [5.74, 6) is -0.143. The first-order valence-electron chi connectivity index (χ1n) is 6.60. The Balaban J connectivity index is 1.94. The molecule has 1 aromatic carbocycles. The number of anilines is 1. The molecule has 1 fully saturated rings. The highest BCUT2D eigenvalue weighted by atomic mass is 79.9. The molecular weight excluding hydrogens is 360 g/mol. The summed E-state index contributed by atoms with van der Waals surface area (Å²) >= 11 is 3.25. The lowest BCUT2D eigenvalue weighted by Gasteiger charge is -2.44. The van der Waals surface area contributed by atoms with Crippen molar-refractivity contribution in [1.29, 1.82) is 0 Å². The van der Waals surface area contributed by atoms with Crippen LogP contribution in [-0.2, 0) is 21.2 Å². The summed E-state index contributed by atoms with van der Waals surface area (Å²) in [6.45, 7) is 2.03. The predicted molar refractivity (Wildman–Crippen MR) is 80.5 cm³/mol. The van der Waals surface area contributed by atoms with E-state index in [9.17, 15) is 18.3 Å². The number of sulfonamides is 1. The van der Waals surface area contributed by atoms with Gasteiger partial charge in [-0.05, 0) is 40.0 Å². The fraction of sp³-hybridized carbons (Fsp3) is 0.462. The quantitative estimate of drug-likeness (QED) is 0.828. The second-order valence-electron chi connectivity index (χ2n) is 5.52. The van der Waals surface area contributed by atoms with E-state index in [1.54, 1.807) is 6.07 Å². The van der Waals surface area contributed by atoms with Crippen molar-refractivity contribution in [2.75, 3.05) is 18.4 Å². The topological polar surface area (TPSA) is 86.7 Å². The number of β-amino-alcohol motifs (C(OH)–C–C–N with tert-alkyl or cyclic N) is 1. The van der Waals surface area contributed by atoms with Crippen LogP contribution < -0.4 is 5.32 Å². The van der Waals surface area contributed by atoms with Gasteiger partial charge in [0.25, 0.3) is 0 Å². The molecule has 1 aromatic rings. The minimum absolute atomic E-state index is 0.104. The Morgan fingerprint density at radius 2 is 2.10 bits per heavy atom. The van der Waals surface area contributed by atoms with Gasteiger partial charge in [0.15, 0.2) is 0 Å². The van der Waals surface area contributed by atoms with Crippen molar-refractivity contribution in [3.05, 3.63) is 22.2 Å². The van der Waals surface area contributed by atoms with E-state index in [0.29, 0.717) is 22.1 Å². The van der Waals surface area contributed by atoms with Gasteiger partial charge in [-0.3, -0.25) is 4.79 Å². The molecule has 6 nitrogen and oxygen atoms in total. The number of nitrogens with zero attached hydrogens (tertiary/aromatic N) is 1. The molecule has 21 heavy (non-hydrogen) atoms. The van der Waals surface area contributed by atoms with Gasteiger partial charge < -0.3 is 10.4 Å². The van der Waals surface area contributed by atoms with Crippen molar-refractivity contribution in [3.63, 3.8) is 0 Å². The standard InChI is InChI=1S/C13H15BrN2O4S/c1-2-13(18)6-16(7-13)21(19,20)11-3-8-4-12(17)15-10(8)5-9(11)14/h3,5,18H,2,4,6-7H2,1H3,(H,15,17). The summed E-state index contributed by atoms with van der Waals surface area (Å²) < 4.78 is 26.9. The van der Waals surface area contributed by atoms with E-state index in [2.05, 4.69) is 21.2 Å². The lowest BCUT2D eigenvalue weighted by atomic mass is 9.94. The van der Waals surface area contributed by atoms with Crippen LogP contribution >= 0.6 is 15.9 Å². The second-order valence-corrected chi connectivity index (χ2v) is 8.28. The molecule has 0 atom stereocenters. The Morgan fingerprint density at radius 1 is 1.43 bits per heavy atom. The van der Waals surface area contributed by atoms with Gasteiger partial charge in [0.05, 0.1) is 16.9 Å². The van der Waals surface area contributed by atoms with Crippen molar-refractivity contribution < 1.29 is 18.3 Å². The summed E-state index contributed by atoms with van der Waals surface area (Å²) in [5.41, 5.74) is 0.390. The highest BCUT2D eigenvalue weighted by Gasteiger charge is 2.46. The van der Waals surface area contributed by atoms with Gasteiger partial charge in [0, 0.05) is 23.2 Å². The average molecular weight is 375 g/mol. The number of carbonyl (C=O) groups excluding carboxylic acids is 1. The van der Waals surface area contributed by atoms with Gasteiger partial charge in [-0.25, -0.2) is 8.42 Å². The fourth-order valence-corrected chi connectivity index (χ4v) is 5.22. The largest absolute Gasteiger partial charge is 0.387 e. The van der Waals surface area contributed by atoms with E-state index in [0.717, 1.165) is 0 Å². The smallest absolute Gasteiger partial charge is 0.244 e. The van der Waals surface area contributed by atoms with Gasteiger partial charge >= 0.3 is 0 Å². The Labute approximate surface area is 131 Å². The summed E-state index contributed by atoms with van der Waals surface area (Å²) in [5, 5.41) is 12.7. The van der Waals surface area contributed by atoms with E-state index in [-0.39, 0.29) is 30.3 Å². The molecule has 2 aliphatic heterocycles. The molecule has 0 saturated carbocycles. The van der Waals surface area contributed by atoms with Gasteiger partial charge in [-0.2, -0.15) is 4.31 Å². The number of hydrogen-bond acceptors (Lipinski definition) is 4. The molecule has 0 bridgehead atoms. The van der Waals surface area contributed by atoms with Gasteiger partial charge in [0.1, 0.15) is 0 Å². The van der Waals surface area contributed by atoms with Crippen molar-refractivity contribution in [2.24, 2.45) is 0 Å². The third kappa shape index (κ3) is 2.40. The van der Waals surface area contributed by atoms with Crippen LogP contribution in [0.15, 0.2) is 21.5 Å². The van der Waals surface area contributed by atoms with E-state index < -0.39 is 15.6 Å². The highest BCUT2D eigenvalue weighted by molar-refractivity contribution is 9.10. The van der Waals surface area contributed by atoms with Gasteiger partial charge in [0.2, 0.25) is 15.9 Å².